The zero-order valence-corrected chi connectivity index (χ0v) is 34.5. The summed E-state index contributed by atoms with van der Waals surface area (Å²) in [5.41, 5.74) is 21.6. The highest BCUT2D eigenvalue weighted by molar-refractivity contribution is 6.17. The molecule has 1 heterocycles. The molecule has 2 heteroatoms. The number of benzene rings is 10. The second-order valence-corrected chi connectivity index (χ2v) is 16.8. The van der Waals surface area contributed by atoms with Gasteiger partial charge in [-0.15, -0.1) is 0 Å². The van der Waals surface area contributed by atoms with Crippen LogP contribution in [-0.4, -0.2) is 4.57 Å². The lowest BCUT2D eigenvalue weighted by Gasteiger charge is -2.32. The van der Waals surface area contributed by atoms with E-state index in [9.17, 15) is 0 Å². The average molecular weight is 801 g/mol. The highest BCUT2D eigenvalue weighted by Gasteiger charge is 2.51. The van der Waals surface area contributed by atoms with Crippen molar-refractivity contribution in [3.63, 3.8) is 0 Å². The zero-order chi connectivity index (χ0) is 41.5. The van der Waals surface area contributed by atoms with Gasteiger partial charge in [-0.3, -0.25) is 0 Å². The number of nitrogens with zero attached hydrogens (tertiary/aromatic N) is 2. The van der Waals surface area contributed by atoms with Gasteiger partial charge < -0.3 is 9.47 Å². The lowest BCUT2D eigenvalue weighted by atomic mass is 9.70. The lowest BCUT2D eigenvalue weighted by molar-refractivity contribution is 0.793. The van der Waals surface area contributed by atoms with E-state index < -0.39 is 5.41 Å². The molecule has 2 aliphatic rings. The summed E-state index contributed by atoms with van der Waals surface area (Å²) < 4.78 is 2.44. The molecule has 13 rings (SSSR count). The van der Waals surface area contributed by atoms with Crippen LogP contribution in [0.3, 0.4) is 0 Å². The Labute approximate surface area is 367 Å². The molecule has 0 atom stereocenters. The summed E-state index contributed by atoms with van der Waals surface area (Å²) in [6, 6.07) is 89.6. The second kappa shape index (κ2) is 13.9. The number of hydrogen-bond acceptors (Lipinski definition) is 1. The Balaban J connectivity index is 1.12. The van der Waals surface area contributed by atoms with Gasteiger partial charge in [0, 0.05) is 33.5 Å². The molecule has 1 spiro atoms. The fraction of sp³-hybridized carbons (Fsp3) is 0.0164. The van der Waals surface area contributed by atoms with Gasteiger partial charge in [-0.05, 0) is 121 Å². The van der Waals surface area contributed by atoms with Crippen LogP contribution < -0.4 is 4.90 Å². The summed E-state index contributed by atoms with van der Waals surface area (Å²) in [6.45, 7) is 0. The second-order valence-electron chi connectivity index (χ2n) is 16.8. The van der Waals surface area contributed by atoms with Crippen molar-refractivity contribution in [2.45, 2.75) is 5.41 Å². The van der Waals surface area contributed by atoms with Crippen LogP contribution in [0, 0.1) is 0 Å². The van der Waals surface area contributed by atoms with Gasteiger partial charge in [0.2, 0.25) is 0 Å². The Bertz CT molecular complexity index is 3480. The maximum atomic E-state index is 2.50. The Morgan fingerprint density at radius 3 is 1.43 bits per heavy atom. The summed E-state index contributed by atoms with van der Waals surface area (Å²) >= 11 is 0. The number of rotatable bonds is 6. The Morgan fingerprint density at radius 2 is 0.794 bits per heavy atom. The molecule has 1 aromatic heterocycles. The van der Waals surface area contributed by atoms with E-state index in [0.717, 1.165) is 28.3 Å². The van der Waals surface area contributed by atoms with Crippen LogP contribution in [0.1, 0.15) is 22.3 Å². The fourth-order valence-electron chi connectivity index (χ4n) is 11.0. The van der Waals surface area contributed by atoms with Crippen molar-refractivity contribution in [3.8, 4) is 50.2 Å². The molecule has 0 saturated heterocycles. The minimum Gasteiger partial charge on any atom is -0.310 e. The van der Waals surface area contributed by atoms with E-state index in [4.69, 9.17) is 0 Å². The molecule has 10 aromatic carbocycles. The van der Waals surface area contributed by atoms with Crippen LogP contribution in [0.25, 0.3) is 72.0 Å². The minimum atomic E-state index is -0.461. The van der Waals surface area contributed by atoms with Crippen molar-refractivity contribution in [1.29, 1.82) is 0 Å². The number of fused-ring (bicyclic) bond motifs is 13. The molecule has 63 heavy (non-hydrogen) atoms. The van der Waals surface area contributed by atoms with Crippen LogP contribution in [0.4, 0.5) is 17.1 Å². The van der Waals surface area contributed by atoms with E-state index in [-0.39, 0.29) is 0 Å². The molecule has 0 amide bonds. The molecule has 0 aliphatic heterocycles. The Morgan fingerprint density at radius 1 is 0.302 bits per heavy atom. The van der Waals surface area contributed by atoms with E-state index in [0.29, 0.717) is 0 Å². The minimum absolute atomic E-state index is 0.461. The topological polar surface area (TPSA) is 8.17 Å². The smallest absolute Gasteiger partial charge is 0.0726 e. The predicted molar refractivity (Wildman–Crippen MR) is 263 cm³/mol. The lowest BCUT2D eigenvalue weighted by Crippen LogP contribution is -2.26. The quantitative estimate of drug-likeness (QED) is 0.163. The van der Waals surface area contributed by atoms with Gasteiger partial charge in [-0.1, -0.05) is 188 Å². The highest BCUT2D eigenvalue weighted by atomic mass is 15.1. The molecule has 2 aliphatic carbocycles. The molecule has 0 unspecified atom stereocenters. The molecule has 294 valence electrons. The Kier molecular flexibility index (Phi) is 7.85. The summed E-state index contributed by atoms with van der Waals surface area (Å²) in [4.78, 5) is 2.48. The van der Waals surface area contributed by atoms with E-state index in [2.05, 4.69) is 252 Å². The van der Waals surface area contributed by atoms with Crippen LogP contribution in [0.15, 0.2) is 243 Å². The van der Waals surface area contributed by atoms with Gasteiger partial charge >= 0.3 is 0 Å². The van der Waals surface area contributed by atoms with Crippen molar-refractivity contribution >= 4 is 38.9 Å². The summed E-state index contributed by atoms with van der Waals surface area (Å²) in [6.07, 6.45) is 0. The third-order valence-corrected chi connectivity index (χ3v) is 13.6. The monoisotopic (exact) mass is 800 g/mol. The molecule has 0 radical (unpaired) electrons. The maximum Gasteiger partial charge on any atom is 0.0726 e. The van der Waals surface area contributed by atoms with Crippen molar-refractivity contribution in [2.24, 2.45) is 0 Å². The third kappa shape index (κ3) is 5.19. The summed E-state index contributed by atoms with van der Waals surface area (Å²) in [7, 11) is 0. The van der Waals surface area contributed by atoms with Gasteiger partial charge in [-0.25, -0.2) is 0 Å². The van der Waals surface area contributed by atoms with Crippen LogP contribution >= 0.6 is 0 Å². The molecule has 0 saturated carbocycles. The molecule has 0 N–H and O–H groups in total. The molecule has 2 nitrogen and oxygen atoms in total. The molecule has 0 fully saturated rings. The van der Waals surface area contributed by atoms with Gasteiger partial charge in [0.25, 0.3) is 0 Å². The average Bonchev–Trinajstić information content (AvgIpc) is 3.97. The predicted octanol–water partition coefficient (Wildman–Crippen LogP) is 15.9. The van der Waals surface area contributed by atoms with Crippen molar-refractivity contribution in [2.75, 3.05) is 4.90 Å². The Hall–Kier alpha value is -8.20. The summed E-state index contributed by atoms with van der Waals surface area (Å²) in [5, 5.41) is 2.47. The molecular weight excluding hydrogens is 761 g/mol. The van der Waals surface area contributed by atoms with Gasteiger partial charge in [0.15, 0.2) is 0 Å². The number of para-hydroxylation sites is 2. The van der Waals surface area contributed by atoms with Crippen LogP contribution in [-0.2, 0) is 5.41 Å². The fourth-order valence-corrected chi connectivity index (χ4v) is 11.0. The first-order valence-electron chi connectivity index (χ1n) is 21.8. The van der Waals surface area contributed by atoms with Crippen molar-refractivity contribution < 1.29 is 0 Å². The van der Waals surface area contributed by atoms with Crippen LogP contribution in [0.2, 0.25) is 0 Å². The number of hydrogen-bond donors (Lipinski definition) is 0. The van der Waals surface area contributed by atoms with Crippen LogP contribution in [0.5, 0.6) is 0 Å². The highest BCUT2D eigenvalue weighted by Crippen LogP contribution is 2.63. The summed E-state index contributed by atoms with van der Waals surface area (Å²) in [5.74, 6) is 0. The van der Waals surface area contributed by atoms with Gasteiger partial charge in [0.05, 0.1) is 16.4 Å². The van der Waals surface area contributed by atoms with E-state index in [1.54, 1.807) is 0 Å². The molecule has 11 aromatic rings. The zero-order valence-electron chi connectivity index (χ0n) is 34.5. The van der Waals surface area contributed by atoms with Gasteiger partial charge in [-0.2, -0.15) is 0 Å². The molecular formula is C61H40N2. The number of aromatic nitrogens is 1. The standard InChI is InChI=1S/C61H40N2/c1-4-18-41(19-5-1)42-32-34-45(35-33-42)62(47-38-53(43-20-6-2-7-21-43)60-52-27-13-17-31-58(52)63(59(60)40-47)44-22-8-3-9-23-44)46-36-37-51-50-26-12-16-30-56(50)61(57(51)39-46)54-28-14-10-24-48(54)49-25-11-15-29-55(49)61/h1-40H. The largest absolute Gasteiger partial charge is 0.310 e. The van der Waals surface area contributed by atoms with E-state index in [1.807, 2.05) is 0 Å². The van der Waals surface area contributed by atoms with E-state index >= 15 is 0 Å². The van der Waals surface area contributed by atoms with Crippen molar-refractivity contribution in [3.05, 3.63) is 265 Å². The van der Waals surface area contributed by atoms with Crippen molar-refractivity contribution in [1.82, 2.24) is 4.57 Å². The van der Waals surface area contributed by atoms with Gasteiger partial charge in [0.1, 0.15) is 0 Å². The first-order chi connectivity index (χ1) is 31.3. The maximum absolute atomic E-state index is 2.50. The first-order valence-corrected chi connectivity index (χ1v) is 21.8. The molecule has 0 bridgehead atoms. The van der Waals surface area contributed by atoms with E-state index in [1.165, 1.54) is 83.1 Å². The SMILES string of the molecule is c1ccc(-c2ccc(N(c3ccc4c(c3)C3(c5ccccc5-c5ccccc53)c3ccccc3-4)c3cc(-c4ccccc4)c4c5ccccc5n(-c5ccccc5)c4c3)cc2)cc1. The first kappa shape index (κ1) is 35.5. The normalized spacial score (nSPS) is 12.9. The third-order valence-electron chi connectivity index (χ3n) is 13.6. The number of anilines is 3.